The maximum absolute atomic E-state index is 14.6. The van der Waals surface area contributed by atoms with Gasteiger partial charge in [-0.25, -0.2) is 18.6 Å². The van der Waals surface area contributed by atoms with Gasteiger partial charge in [-0.2, -0.15) is 18.2 Å². The molecule has 19 heteroatoms. The first-order valence-corrected chi connectivity index (χ1v) is 16.4. The van der Waals surface area contributed by atoms with Crippen LogP contribution in [0.4, 0.5) is 42.9 Å². The SMILES string of the molecule is C=C(OF)C(F)(F)F.CS(=O)Cc1cc2nc(c1)OCCCOc1cc(F)ccc1-c1cc(ncc1F)N2.NC(=O)NCCCCCC(=O)O. The summed E-state index contributed by atoms with van der Waals surface area (Å²) in [5, 5.41) is 13.7. The lowest BCUT2D eigenvalue weighted by molar-refractivity contribution is -0.193. The summed E-state index contributed by atoms with van der Waals surface area (Å²) in [6.45, 7) is 3.31. The Morgan fingerprint density at radius 2 is 1.80 bits per heavy atom. The fourth-order valence-electron chi connectivity index (χ4n) is 3.95. The number of unbranched alkanes of at least 4 members (excludes halogenated alkanes) is 2. The molecule has 274 valence electrons. The smallest absolute Gasteiger partial charge is 0.452 e. The number of nitrogens with one attached hydrogen (secondary N) is 2. The summed E-state index contributed by atoms with van der Waals surface area (Å²) in [5.41, 5.74) is 6.24. The predicted molar refractivity (Wildman–Crippen MR) is 172 cm³/mol. The molecule has 0 aliphatic carbocycles. The van der Waals surface area contributed by atoms with Gasteiger partial charge < -0.3 is 30.9 Å². The zero-order chi connectivity index (χ0) is 37.3. The lowest BCUT2D eigenvalue weighted by Gasteiger charge is -2.16. The number of hydrogen-bond donors (Lipinski definition) is 4. The van der Waals surface area contributed by atoms with Crippen LogP contribution < -0.4 is 25.8 Å². The third-order valence-electron chi connectivity index (χ3n) is 6.15. The number of primary amides is 1. The number of carbonyl (C=O) groups is 2. The number of carboxylic acids is 1. The van der Waals surface area contributed by atoms with Gasteiger partial charge in [0.25, 0.3) is 0 Å². The summed E-state index contributed by atoms with van der Waals surface area (Å²) < 4.78 is 94.9. The number of nitrogens with two attached hydrogens (primary N) is 1. The number of pyridine rings is 2. The normalized spacial score (nSPS) is 12.6. The van der Waals surface area contributed by atoms with Crippen molar-refractivity contribution < 1.29 is 59.8 Å². The number of fused-ring (bicyclic) bond motifs is 6. The minimum absolute atomic E-state index is 0.191. The first kappa shape index (κ1) is 41.1. The highest BCUT2D eigenvalue weighted by atomic mass is 32.2. The number of benzene rings is 1. The van der Waals surface area contributed by atoms with E-state index in [0.717, 1.165) is 24.6 Å². The van der Waals surface area contributed by atoms with Crippen molar-refractivity contribution in [3.8, 4) is 22.8 Å². The lowest BCUT2D eigenvalue weighted by Crippen LogP contribution is -2.29. The number of alkyl halides is 3. The second-order valence-corrected chi connectivity index (χ2v) is 11.7. The standard InChI is InChI=1S/C21H19F2N3O3S.C7H14N2O3.C3H2F4O/c1-30(27)12-13-7-20-25-19-10-16(17(23)11-24-19)15-4-3-14(22)9-18(15)28-5-2-6-29-21(8-13)26-20;8-7(12)9-5-3-1-2-4-6(10)11;1-2(8-7)3(4,5)6/h3-4,7-11H,2,5-6,12H2,1H3,(H,24,25,26);1-5H2,(H,10,11)(H3,8,9,12);1H2. The summed E-state index contributed by atoms with van der Waals surface area (Å²) in [7, 11) is -1.04. The number of rotatable bonds is 9. The fourth-order valence-corrected chi connectivity index (χ4v) is 4.59. The number of allylic oxidation sites excluding steroid dienone is 1. The van der Waals surface area contributed by atoms with Crippen molar-refractivity contribution in [2.75, 3.05) is 31.3 Å². The van der Waals surface area contributed by atoms with Gasteiger partial charge in [0, 0.05) is 70.0 Å². The number of aromatic nitrogens is 2. The highest BCUT2D eigenvalue weighted by Crippen LogP contribution is 2.34. The van der Waals surface area contributed by atoms with E-state index < -0.39 is 46.4 Å². The van der Waals surface area contributed by atoms with Crippen LogP contribution in [-0.4, -0.2) is 63.5 Å². The van der Waals surface area contributed by atoms with Gasteiger partial charge in [-0.1, -0.05) is 6.42 Å². The van der Waals surface area contributed by atoms with Crippen LogP contribution in [0.25, 0.3) is 11.1 Å². The van der Waals surface area contributed by atoms with Gasteiger partial charge in [0.1, 0.15) is 29.0 Å². The molecular formula is C31H35F6N5O7S. The summed E-state index contributed by atoms with van der Waals surface area (Å²) in [6.07, 6.45) is 0.836. The first-order chi connectivity index (χ1) is 23.6. The van der Waals surface area contributed by atoms with Crippen LogP contribution in [0.3, 0.4) is 0 Å². The number of urea groups is 1. The second kappa shape index (κ2) is 20.4. The van der Waals surface area contributed by atoms with Crippen molar-refractivity contribution in [1.82, 2.24) is 15.3 Å². The van der Waals surface area contributed by atoms with Crippen LogP contribution in [0.15, 0.2) is 54.9 Å². The molecule has 0 radical (unpaired) electrons. The van der Waals surface area contributed by atoms with Crippen LogP contribution in [-0.2, 0) is 26.3 Å². The zero-order valence-electron chi connectivity index (χ0n) is 26.7. The molecule has 5 N–H and O–H groups in total. The monoisotopic (exact) mass is 735 g/mol. The van der Waals surface area contributed by atoms with E-state index in [1.54, 1.807) is 18.4 Å². The number of amides is 2. The number of carboxylic acid groups (broad SMARTS) is 1. The highest BCUT2D eigenvalue weighted by molar-refractivity contribution is 7.83. The number of ether oxygens (including phenoxy) is 2. The average molecular weight is 736 g/mol. The largest absolute Gasteiger partial charge is 0.493 e. The van der Waals surface area contributed by atoms with Gasteiger partial charge in [-0.05, 0) is 49.2 Å². The van der Waals surface area contributed by atoms with Gasteiger partial charge in [0.05, 0.1) is 19.4 Å². The fraction of sp³-hybridized carbons (Fsp3) is 0.355. The Bertz CT molecular complexity index is 1610. The van der Waals surface area contributed by atoms with E-state index in [0.29, 0.717) is 54.8 Å². The Morgan fingerprint density at radius 1 is 1.08 bits per heavy atom. The molecule has 3 aromatic rings. The molecule has 1 unspecified atom stereocenters. The molecule has 0 fully saturated rings. The molecular weight excluding hydrogens is 700 g/mol. The van der Waals surface area contributed by atoms with Crippen LogP contribution in [0.1, 0.15) is 37.7 Å². The molecule has 2 aromatic heterocycles. The van der Waals surface area contributed by atoms with Crippen molar-refractivity contribution in [2.24, 2.45) is 5.73 Å². The molecule has 0 spiro atoms. The molecule has 1 atom stereocenters. The molecule has 1 aromatic carbocycles. The number of anilines is 2. The third-order valence-corrected chi connectivity index (χ3v) is 6.89. The number of carbonyl (C=O) groups excluding carboxylic acids is 1. The minimum atomic E-state index is -4.78. The molecule has 2 amide bonds. The topological polar surface area (TPSA) is 175 Å². The number of halogens is 6. The Morgan fingerprint density at radius 3 is 2.42 bits per heavy atom. The van der Waals surface area contributed by atoms with Gasteiger partial charge >= 0.3 is 18.2 Å². The maximum atomic E-state index is 14.6. The molecule has 1 aliphatic rings. The van der Waals surface area contributed by atoms with E-state index in [2.05, 4.69) is 32.1 Å². The minimum Gasteiger partial charge on any atom is -0.493 e. The van der Waals surface area contributed by atoms with Crippen molar-refractivity contribution in [2.45, 2.75) is 44.0 Å². The number of hydrogen-bond acceptors (Lipinski definition) is 9. The highest BCUT2D eigenvalue weighted by Gasteiger charge is 2.35. The van der Waals surface area contributed by atoms with Crippen molar-refractivity contribution in [3.05, 3.63) is 72.1 Å². The van der Waals surface area contributed by atoms with Crippen LogP contribution in [0.2, 0.25) is 0 Å². The summed E-state index contributed by atoms with van der Waals surface area (Å²) >= 11 is 0. The quantitative estimate of drug-likeness (QED) is 0.108. The van der Waals surface area contributed by atoms with Crippen molar-refractivity contribution in [3.63, 3.8) is 0 Å². The van der Waals surface area contributed by atoms with Gasteiger partial charge in [0.15, 0.2) is 0 Å². The number of nitrogens with zero attached hydrogens (tertiary/aromatic N) is 2. The van der Waals surface area contributed by atoms with E-state index in [1.165, 1.54) is 24.3 Å². The molecule has 0 saturated heterocycles. The Kier molecular flexibility index (Phi) is 16.8. The predicted octanol–water partition coefficient (Wildman–Crippen LogP) is 6.47. The third kappa shape index (κ3) is 15.4. The van der Waals surface area contributed by atoms with E-state index in [-0.39, 0.29) is 24.3 Å². The Balaban J connectivity index is 0.000000358. The Hall–Kier alpha value is -5.07. The zero-order valence-corrected chi connectivity index (χ0v) is 27.5. The van der Waals surface area contributed by atoms with E-state index in [1.807, 2.05) is 0 Å². The van der Waals surface area contributed by atoms with Crippen LogP contribution in [0, 0.1) is 11.6 Å². The van der Waals surface area contributed by atoms with Crippen molar-refractivity contribution in [1.29, 1.82) is 0 Å². The molecule has 4 bridgehead atoms. The van der Waals surface area contributed by atoms with E-state index in [4.69, 9.17) is 20.3 Å². The van der Waals surface area contributed by atoms with Gasteiger partial charge in [-0.3, -0.25) is 13.9 Å². The van der Waals surface area contributed by atoms with Crippen LogP contribution >= 0.6 is 0 Å². The summed E-state index contributed by atoms with van der Waals surface area (Å²) in [4.78, 5) is 31.0. The molecule has 1 aliphatic heterocycles. The van der Waals surface area contributed by atoms with E-state index in [9.17, 15) is 40.3 Å². The summed E-state index contributed by atoms with van der Waals surface area (Å²) in [6, 6.07) is 8.41. The molecule has 3 heterocycles. The lowest BCUT2D eigenvalue weighted by atomic mass is 10.0. The summed E-state index contributed by atoms with van der Waals surface area (Å²) in [5.74, 6) is -1.92. The van der Waals surface area contributed by atoms with Crippen molar-refractivity contribution >= 4 is 34.4 Å². The average Bonchev–Trinajstić information content (AvgIpc) is 3.02. The van der Waals surface area contributed by atoms with Gasteiger partial charge in [0.2, 0.25) is 11.6 Å². The molecule has 4 rings (SSSR count). The second-order valence-electron chi connectivity index (χ2n) is 10.3. The molecule has 0 saturated carbocycles. The first-order valence-electron chi connectivity index (χ1n) is 14.7. The Labute approximate surface area is 285 Å². The van der Waals surface area contributed by atoms with E-state index >= 15 is 0 Å². The molecule has 12 nitrogen and oxygen atoms in total. The van der Waals surface area contributed by atoms with Gasteiger partial charge in [-0.15, -0.1) is 0 Å². The van der Waals surface area contributed by atoms with Crippen LogP contribution in [0.5, 0.6) is 11.6 Å². The maximum Gasteiger partial charge on any atom is 0.452 e. The molecule has 50 heavy (non-hydrogen) atoms. The number of aliphatic carboxylic acids is 1.